The fraction of sp³-hybridized carbons (Fsp3) is 0.360. The summed E-state index contributed by atoms with van der Waals surface area (Å²) in [7, 11) is 1.85. The topological polar surface area (TPSA) is 90.6 Å². The maximum absolute atomic E-state index is 12.5. The van der Waals surface area contributed by atoms with Gasteiger partial charge in [-0.25, -0.2) is 4.98 Å². The number of nitrogens with zero attached hydrogens (tertiary/aromatic N) is 2. The van der Waals surface area contributed by atoms with Gasteiger partial charge in [0.15, 0.2) is 0 Å². The summed E-state index contributed by atoms with van der Waals surface area (Å²) in [4.78, 5) is 19.0. The van der Waals surface area contributed by atoms with Gasteiger partial charge in [-0.3, -0.25) is 4.79 Å². The van der Waals surface area contributed by atoms with E-state index in [-0.39, 0.29) is 24.6 Å². The number of hydrogen-bond donors (Lipinski definition) is 3. The Morgan fingerprint density at radius 1 is 1.18 bits per heavy atom. The van der Waals surface area contributed by atoms with Crippen molar-refractivity contribution < 1.29 is 14.3 Å². The summed E-state index contributed by atoms with van der Waals surface area (Å²) in [5.41, 5.74) is 5.60. The lowest BCUT2D eigenvalue weighted by Gasteiger charge is -2.32. The van der Waals surface area contributed by atoms with Crippen LogP contribution in [0.15, 0.2) is 40.8 Å². The molecular formula is C25H27ClN4O3. The van der Waals surface area contributed by atoms with E-state index >= 15 is 0 Å². The molecule has 1 aliphatic carbocycles. The summed E-state index contributed by atoms with van der Waals surface area (Å²) in [6, 6.07) is 12.2. The number of carbonyl (C=O) groups excluding carboxylic acids is 1. The second-order valence-electron chi connectivity index (χ2n) is 8.74. The van der Waals surface area contributed by atoms with Crippen LogP contribution in [0.3, 0.4) is 0 Å². The molecule has 0 atom stereocenters. The Morgan fingerprint density at radius 2 is 1.91 bits per heavy atom. The van der Waals surface area contributed by atoms with E-state index < -0.39 is 0 Å². The van der Waals surface area contributed by atoms with Crippen LogP contribution in [0.25, 0.3) is 22.6 Å². The lowest BCUT2D eigenvalue weighted by atomic mass is 9.89. The minimum atomic E-state index is -0.235. The number of nitrogens with one attached hydrogen (secondary N) is 2. The second-order valence-corrected chi connectivity index (χ2v) is 9.11. The molecular weight excluding hydrogens is 440 g/mol. The molecule has 0 spiro atoms. The molecule has 0 unspecified atom stereocenters. The second kappa shape index (κ2) is 8.82. The molecule has 1 fully saturated rings. The van der Waals surface area contributed by atoms with Gasteiger partial charge >= 0.3 is 0 Å². The van der Waals surface area contributed by atoms with E-state index in [0.29, 0.717) is 36.8 Å². The van der Waals surface area contributed by atoms with Crippen molar-refractivity contribution in [1.29, 1.82) is 0 Å². The molecule has 7 nitrogen and oxygen atoms in total. The summed E-state index contributed by atoms with van der Waals surface area (Å²) < 4.78 is 6.11. The van der Waals surface area contributed by atoms with Crippen molar-refractivity contribution in [3.8, 4) is 22.6 Å². The predicted octanol–water partition coefficient (Wildman–Crippen LogP) is 3.97. The van der Waals surface area contributed by atoms with E-state index in [1.165, 1.54) is 0 Å². The Balaban J connectivity index is 1.33. The number of oxazole rings is 1. The number of rotatable bonds is 6. The highest BCUT2D eigenvalue weighted by Gasteiger charge is 2.31. The lowest BCUT2D eigenvalue weighted by molar-refractivity contribution is -0.131. The molecule has 0 bridgehead atoms. The summed E-state index contributed by atoms with van der Waals surface area (Å²) >= 11 is 6.63. The van der Waals surface area contributed by atoms with Crippen LogP contribution in [0.1, 0.15) is 29.9 Å². The fourth-order valence-corrected chi connectivity index (χ4v) is 4.84. The Bertz CT molecular complexity index is 1180. The first-order valence-corrected chi connectivity index (χ1v) is 11.6. The molecule has 0 saturated heterocycles. The number of benzene rings is 2. The van der Waals surface area contributed by atoms with Crippen molar-refractivity contribution in [2.75, 3.05) is 18.9 Å². The van der Waals surface area contributed by atoms with Gasteiger partial charge in [-0.15, -0.1) is 0 Å². The van der Waals surface area contributed by atoms with Gasteiger partial charge in [0, 0.05) is 24.2 Å². The molecule has 1 aromatic heterocycles. The Labute approximate surface area is 197 Å². The quantitative estimate of drug-likeness (QED) is 0.509. The number of carbonyl (C=O) groups is 1. The highest BCUT2D eigenvalue weighted by molar-refractivity contribution is 6.36. The van der Waals surface area contributed by atoms with Gasteiger partial charge in [-0.05, 0) is 43.0 Å². The monoisotopic (exact) mass is 466 g/mol. The minimum absolute atomic E-state index is 0.0170. The number of fused-ring (bicyclic) bond motifs is 1. The van der Waals surface area contributed by atoms with E-state index in [2.05, 4.69) is 10.6 Å². The van der Waals surface area contributed by atoms with Crippen LogP contribution in [0.5, 0.6) is 0 Å². The van der Waals surface area contributed by atoms with Crippen LogP contribution in [-0.4, -0.2) is 46.6 Å². The number of hydrogen-bond acceptors (Lipinski definition) is 6. The smallest absolute Gasteiger partial charge is 0.237 e. The molecule has 3 N–H and O–H groups in total. The first-order valence-electron chi connectivity index (χ1n) is 11.2. The molecule has 1 saturated carbocycles. The predicted molar refractivity (Wildman–Crippen MR) is 128 cm³/mol. The highest BCUT2D eigenvalue weighted by Crippen LogP contribution is 2.39. The van der Waals surface area contributed by atoms with Crippen molar-refractivity contribution in [2.24, 2.45) is 0 Å². The van der Waals surface area contributed by atoms with E-state index in [1.54, 1.807) is 4.90 Å². The molecule has 3 aromatic rings. The number of amides is 1. The normalized spacial score (nSPS) is 19.3. The van der Waals surface area contributed by atoms with Gasteiger partial charge in [-0.2, -0.15) is 0 Å². The van der Waals surface area contributed by atoms with Crippen molar-refractivity contribution >= 4 is 23.2 Å². The van der Waals surface area contributed by atoms with Gasteiger partial charge in [0.25, 0.3) is 0 Å². The molecule has 0 radical (unpaired) electrons. The van der Waals surface area contributed by atoms with Crippen LogP contribution >= 0.6 is 11.6 Å². The fourth-order valence-electron chi connectivity index (χ4n) is 4.52. The molecule has 2 heterocycles. The Morgan fingerprint density at radius 3 is 2.64 bits per heavy atom. The number of aromatic nitrogens is 1. The van der Waals surface area contributed by atoms with Crippen molar-refractivity contribution in [3.05, 3.63) is 58.4 Å². The average molecular weight is 467 g/mol. The largest absolute Gasteiger partial charge is 0.439 e. The minimum Gasteiger partial charge on any atom is -0.439 e. The average Bonchev–Trinajstić information content (AvgIpc) is 3.36. The van der Waals surface area contributed by atoms with E-state index in [0.717, 1.165) is 39.4 Å². The number of anilines is 1. The Hall–Kier alpha value is -2.87. The van der Waals surface area contributed by atoms with Crippen LogP contribution in [0.4, 0.5) is 5.69 Å². The van der Waals surface area contributed by atoms with Gasteiger partial charge < -0.3 is 25.1 Å². The third kappa shape index (κ3) is 4.12. The summed E-state index contributed by atoms with van der Waals surface area (Å²) in [6.45, 7) is 3.18. The zero-order valence-corrected chi connectivity index (χ0v) is 19.4. The van der Waals surface area contributed by atoms with Crippen LogP contribution < -0.4 is 10.6 Å². The SMILES string of the molecule is CNc1cccc(-c2cccc(-c3nc4c(o3)CN(C(=O)CN[C@H]3C[C@H](O)C3)C4)c2C)c1Cl. The van der Waals surface area contributed by atoms with Crippen molar-refractivity contribution in [1.82, 2.24) is 15.2 Å². The Kier molecular flexibility index (Phi) is 5.86. The summed E-state index contributed by atoms with van der Waals surface area (Å²) in [6.07, 6.45) is 1.19. The van der Waals surface area contributed by atoms with Crippen molar-refractivity contribution in [3.63, 3.8) is 0 Å². The lowest BCUT2D eigenvalue weighted by Crippen LogP contribution is -2.47. The molecule has 5 rings (SSSR count). The van der Waals surface area contributed by atoms with Gasteiger partial charge in [0.2, 0.25) is 11.8 Å². The first-order chi connectivity index (χ1) is 15.9. The molecule has 2 aromatic carbocycles. The van der Waals surface area contributed by atoms with Crippen LogP contribution in [0, 0.1) is 6.92 Å². The first kappa shape index (κ1) is 21.9. The number of halogens is 1. The van der Waals surface area contributed by atoms with Gasteiger partial charge in [0.1, 0.15) is 11.5 Å². The third-order valence-corrected chi connectivity index (χ3v) is 6.99. The number of aliphatic hydroxyl groups excluding tert-OH is 1. The summed E-state index contributed by atoms with van der Waals surface area (Å²) in [5.74, 6) is 1.31. The van der Waals surface area contributed by atoms with Gasteiger partial charge in [-0.1, -0.05) is 35.9 Å². The van der Waals surface area contributed by atoms with Crippen molar-refractivity contribution in [2.45, 2.75) is 45.0 Å². The molecule has 1 amide bonds. The van der Waals surface area contributed by atoms with E-state index in [1.807, 2.05) is 50.4 Å². The molecule has 1 aliphatic heterocycles. The number of aliphatic hydroxyl groups is 1. The molecule has 2 aliphatic rings. The standard InChI is InChI=1S/C25H27ClN4O3/c1-14-17(19-7-4-8-20(27-2)24(19)26)5-3-6-18(14)25-29-21-12-30(13-22(21)33-25)23(32)11-28-15-9-16(31)10-15/h3-8,15-16,27-28,31H,9-13H2,1-2H3/t15-,16-. The van der Waals surface area contributed by atoms with Crippen LogP contribution in [0.2, 0.25) is 5.02 Å². The summed E-state index contributed by atoms with van der Waals surface area (Å²) in [5, 5.41) is 16.4. The van der Waals surface area contributed by atoms with Crippen LogP contribution in [-0.2, 0) is 17.9 Å². The molecule has 8 heteroatoms. The third-order valence-electron chi connectivity index (χ3n) is 6.58. The highest BCUT2D eigenvalue weighted by atomic mass is 35.5. The molecule has 172 valence electrons. The maximum Gasteiger partial charge on any atom is 0.237 e. The zero-order valence-electron chi connectivity index (χ0n) is 18.7. The molecule has 33 heavy (non-hydrogen) atoms. The van der Waals surface area contributed by atoms with E-state index in [9.17, 15) is 9.90 Å². The van der Waals surface area contributed by atoms with Gasteiger partial charge in [0.05, 0.1) is 36.4 Å². The van der Waals surface area contributed by atoms with E-state index in [4.69, 9.17) is 21.0 Å². The maximum atomic E-state index is 12.5. The zero-order chi connectivity index (χ0) is 23.1.